The Kier molecular flexibility index (Phi) is 5.12. The second-order valence-corrected chi connectivity index (χ2v) is 5.74. The standard InChI is InChI=1S/C12H24N2OS/c1-9(2)11(16)12(15)14(4)8-10-6-5-7-13(10)3/h9-11,16H,5-8H2,1-4H3. The highest BCUT2D eigenvalue weighted by Crippen LogP contribution is 2.17. The first kappa shape index (κ1) is 13.8. The molecular formula is C12H24N2OS. The van der Waals surface area contributed by atoms with Crippen molar-refractivity contribution >= 4 is 18.5 Å². The zero-order valence-electron chi connectivity index (χ0n) is 10.8. The molecule has 16 heavy (non-hydrogen) atoms. The molecule has 0 aromatic carbocycles. The van der Waals surface area contributed by atoms with Crippen LogP contribution in [0.4, 0.5) is 0 Å². The molecule has 4 heteroatoms. The molecule has 2 atom stereocenters. The molecule has 1 aliphatic rings. The number of thiol groups is 1. The van der Waals surface area contributed by atoms with Crippen LogP contribution in [0.1, 0.15) is 26.7 Å². The molecule has 1 aliphatic heterocycles. The number of carbonyl (C=O) groups excluding carboxylic acids is 1. The van der Waals surface area contributed by atoms with Gasteiger partial charge < -0.3 is 9.80 Å². The Morgan fingerprint density at radius 1 is 1.56 bits per heavy atom. The van der Waals surface area contributed by atoms with Gasteiger partial charge in [-0.1, -0.05) is 13.8 Å². The lowest BCUT2D eigenvalue weighted by molar-refractivity contribution is -0.130. The molecule has 0 N–H and O–H groups in total. The van der Waals surface area contributed by atoms with Crippen LogP contribution in [-0.4, -0.2) is 54.2 Å². The van der Waals surface area contributed by atoms with Crippen molar-refractivity contribution in [3.8, 4) is 0 Å². The molecule has 0 saturated carbocycles. The number of rotatable bonds is 4. The lowest BCUT2D eigenvalue weighted by atomic mass is 10.1. The SMILES string of the molecule is CC(C)C(S)C(=O)N(C)CC1CCCN1C. The van der Waals surface area contributed by atoms with E-state index in [1.54, 1.807) is 0 Å². The fraction of sp³-hybridized carbons (Fsp3) is 0.917. The topological polar surface area (TPSA) is 23.6 Å². The van der Waals surface area contributed by atoms with Crippen LogP contribution in [0.2, 0.25) is 0 Å². The number of hydrogen-bond donors (Lipinski definition) is 1. The quantitative estimate of drug-likeness (QED) is 0.758. The maximum Gasteiger partial charge on any atom is 0.235 e. The lowest BCUT2D eigenvalue weighted by Gasteiger charge is -2.28. The minimum atomic E-state index is -0.170. The Morgan fingerprint density at radius 2 is 2.19 bits per heavy atom. The van der Waals surface area contributed by atoms with Gasteiger partial charge in [0.25, 0.3) is 0 Å². The van der Waals surface area contributed by atoms with Gasteiger partial charge in [0.1, 0.15) is 0 Å². The van der Waals surface area contributed by atoms with Gasteiger partial charge in [0.05, 0.1) is 5.25 Å². The summed E-state index contributed by atoms with van der Waals surface area (Å²) in [5.41, 5.74) is 0. The number of amides is 1. The molecule has 3 nitrogen and oxygen atoms in total. The van der Waals surface area contributed by atoms with Gasteiger partial charge in [-0.3, -0.25) is 4.79 Å². The van der Waals surface area contributed by atoms with Crippen LogP contribution in [-0.2, 0) is 4.79 Å². The third-order valence-corrected chi connectivity index (χ3v) is 4.23. The molecular weight excluding hydrogens is 220 g/mol. The first-order chi connectivity index (χ1) is 7.43. The van der Waals surface area contributed by atoms with Crippen molar-refractivity contribution in [3.05, 3.63) is 0 Å². The highest BCUT2D eigenvalue weighted by molar-refractivity contribution is 7.81. The van der Waals surface area contributed by atoms with Gasteiger partial charge in [-0.2, -0.15) is 12.6 Å². The number of likely N-dealkylation sites (tertiary alicyclic amines) is 1. The zero-order chi connectivity index (χ0) is 12.3. The summed E-state index contributed by atoms with van der Waals surface area (Å²) in [6, 6.07) is 0.529. The molecule has 1 fully saturated rings. The van der Waals surface area contributed by atoms with Crippen molar-refractivity contribution < 1.29 is 4.79 Å². The van der Waals surface area contributed by atoms with Crippen LogP contribution in [0.5, 0.6) is 0 Å². The summed E-state index contributed by atoms with van der Waals surface area (Å²) < 4.78 is 0. The molecule has 94 valence electrons. The van der Waals surface area contributed by atoms with Crippen molar-refractivity contribution in [1.29, 1.82) is 0 Å². The minimum absolute atomic E-state index is 0.152. The van der Waals surface area contributed by atoms with Crippen LogP contribution in [0, 0.1) is 5.92 Å². The maximum atomic E-state index is 12.0. The second-order valence-electron chi connectivity index (χ2n) is 5.18. The van der Waals surface area contributed by atoms with Crippen LogP contribution < -0.4 is 0 Å². The maximum absolute atomic E-state index is 12.0. The Bertz CT molecular complexity index is 245. The lowest BCUT2D eigenvalue weighted by Crippen LogP contribution is -2.43. The van der Waals surface area contributed by atoms with E-state index < -0.39 is 0 Å². The van der Waals surface area contributed by atoms with E-state index >= 15 is 0 Å². The first-order valence-corrected chi connectivity index (χ1v) is 6.58. The van der Waals surface area contributed by atoms with Crippen LogP contribution >= 0.6 is 12.6 Å². The number of likely N-dealkylation sites (N-methyl/N-ethyl adjacent to an activating group) is 2. The van der Waals surface area contributed by atoms with Crippen LogP contribution in [0.25, 0.3) is 0 Å². The summed E-state index contributed by atoms with van der Waals surface area (Å²) in [6.07, 6.45) is 2.45. The van der Waals surface area contributed by atoms with Gasteiger partial charge >= 0.3 is 0 Å². The number of nitrogens with zero attached hydrogens (tertiary/aromatic N) is 2. The Morgan fingerprint density at radius 3 is 2.62 bits per heavy atom. The summed E-state index contributed by atoms with van der Waals surface area (Å²) in [5, 5.41) is -0.170. The molecule has 1 amide bonds. The van der Waals surface area contributed by atoms with Crippen molar-refractivity contribution in [1.82, 2.24) is 9.80 Å². The summed E-state index contributed by atoms with van der Waals surface area (Å²) >= 11 is 4.37. The van der Waals surface area contributed by atoms with Gasteiger partial charge in [0.15, 0.2) is 0 Å². The predicted octanol–water partition coefficient (Wildman–Crippen LogP) is 1.49. The molecule has 0 radical (unpaired) electrons. The molecule has 0 spiro atoms. The summed E-state index contributed by atoms with van der Waals surface area (Å²) in [7, 11) is 4.02. The van der Waals surface area contributed by atoms with Crippen LogP contribution in [0.3, 0.4) is 0 Å². The fourth-order valence-corrected chi connectivity index (χ4v) is 2.32. The van der Waals surface area contributed by atoms with Crippen LogP contribution in [0.15, 0.2) is 0 Å². The van der Waals surface area contributed by atoms with Crippen molar-refractivity contribution in [2.75, 3.05) is 27.2 Å². The average molecular weight is 244 g/mol. The fourth-order valence-electron chi connectivity index (χ4n) is 2.13. The average Bonchev–Trinajstić information content (AvgIpc) is 2.62. The third-order valence-electron chi connectivity index (χ3n) is 3.42. The van der Waals surface area contributed by atoms with E-state index in [9.17, 15) is 4.79 Å². The molecule has 0 aromatic rings. The Hall–Kier alpha value is -0.220. The smallest absolute Gasteiger partial charge is 0.235 e. The van der Waals surface area contributed by atoms with E-state index in [1.807, 2.05) is 25.8 Å². The summed E-state index contributed by atoms with van der Waals surface area (Å²) in [5.74, 6) is 0.443. The van der Waals surface area contributed by atoms with Gasteiger partial charge in [-0.25, -0.2) is 0 Å². The highest BCUT2D eigenvalue weighted by Gasteiger charge is 2.27. The first-order valence-electron chi connectivity index (χ1n) is 6.06. The molecule has 1 saturated heterocycles. The molecule has 0 aliphatic carbocycles. The molecule has 2 unspecified atom stereocenters. The van der Waals surface area contributed by atoms with Crippen molar-refractivity contribution in [2.45, 2.75) is 38.0 Å². The van der Waals surface area contributed by atoms with Gasteiger partial charge in [0, 0.05) is 19.6 Å². The van der Waals surface area contributed by atoms with Gasteiger partial charge in [0.2, 0.25) is 5.91 Å². The Balaban J connectivity index is 2.45. The van der Waals surface area contributed by atoms with E-state index in [2.05, 4.69) is 24.6 Å². The largest absolute Gasteiger partial charge is 0.343 e. The second kappa shape index (κ2) is 5.92. The van der Waals surface area contributed by atoms with Crippen molar-refractivity contribution in [3.63, 3.8) is 0 Å². The zero-order valence-corrected chi connectivity index (χ0v) is 11.7. The van der Waals surface area contributed by atoms with E-state index in [0.29, 0.717) is 12.0 Å². The normalized spacial score (nSPS) is 23.8. The Labute approximate surface area is 105 Å². The number of hydrogen-bond acceptors (Lipinski definition) is 3. The summed E-state index contributed by atoms with van der Waals surface area (Å²) in [6.45, 7) is 6.05. The molecule has 0 bridgehead atoms. The highest BCUT2D eigenvalue weighted by atomic mass is 32.1. The predicted molar refractivity (Wildman–Crippen MR) is 70.9 cm³/mol. The summed E-state index contributed by atoms with van der Waals surface area (Å²) in [4.78, 5) is 16.2. The monoisotopic (exact) mass is 244 g/mol. The molecule has 1 rings (SSSR count). The van der Waals surface area contributed by atoms with Gasteiger partial charge in [-0.15, -0.1) is 0 Å². The van der Waals surface area contributed by atoms with E-state index in [-0.39, 0.29) is 11.2 Å². The van der Waals surface area contributed by atoms with Gasteiger partial charge in [-0.05, 0) is 32.4 Å². The van der Waals surface area contributed by atoms with E-state index in [0.717, 1.165) is 13.1 Å². The minimum Gasteiger partial charge on any atom is -0.343 e. The number of carbonyl (C=O) groups is 1. The molecule has 0 aromatic heterocycles. The van der Waals surface area contributed by atoms with E-state index in [1.165, 1.54) is 12.8 Å². The van der Waals surface area contributed by atoms with E-state index in [4.69, 9.17) is 0 Å². The third kappa shape index (κ3) is 3.39. The van der Waals surface area contributed by atoms with Crippen molar-refractivity contribution in [2.24, 2.45) is 5.92 Å². The molecule has 1 heterocycles.